The molecule has 12 unspecified atom stereocenters. The van der Waals surface area contributed by atoms with Gasteiger partial charge in [-0.1, -0.05) is 15.9 Å². The summed E-state index contributed by atoms with van der Waals surface area (Å²) in [5.41, 5.74) is 0. The zero-order valence-corrected chi connectivity index (χ0v) is 11.6. The Labute approximate surface area is 111 Å². The van der Waals surface area contributed by atoms with E-state index in [2.05, 4.69) is 15.9 Å². The standard InChI is InChI=1S/C16H19Br/c17-16-4-3-7-10-9-5-1-2-6-8(5)12(13(9)14(7)16)15(16)11(6)10/h5-15H,1-4H2. The Hall–Kier alpha value is 0.480. The van der Waals surface area contributed by atoms with Crippen LogP contribution in [0.5, 0.6) is 0 Å². The molecule has 90 valence electrons. The highest BCUT2D eigenvalue weighted by Crippen LogP contribution is 2.91. The lowest BCUT2D eigenvalue weighted by Gasteiger charge is -2.46. The summed E-state index contributed by atoms with van der Waals surface area (Å²) >= 11 is 4.34. The van der Waals surface area contributed by atoms with Crippen LogP contribution in [-0.2, 0) is 0 Å². The van der Waals surface area contributed by atoms with E-state index in [4.69, 9.17) is 0 Å². The van der Waals surface area contributed by atoms with E-state index >= 15 is 0 Å². The molecule has 0 amide bonds. The molecule has 7 fully saturated rings. The summed E-state index contributed by atoms with van der Waals surface area (Å²) in [6, 6.07) is 0. The van der Waals surface area contributed by atoms with Crippen molar-refractivity contribution < 1.29 is 0 Å². The maximum absolute atomic E-state index is 4.34. The molecular formula is C16H19Br. The molecule has 7 rings (SSSR count). The predicted molar refractivity (Wildman–Crippen MR) is 68.5 cm³/mol. The summed E-state index contributed by atoms with van der Waals surface area (Å²) in [5, 5.41) is 0. The first-order chi connectivity index (χ1) is 8.32. The van der Waals surface area contributed by atoms with Crippen molar-refractivity contribution in [2.75, 3.05) is 0 Å². The Morgan fingerprint density at radius 2 is 1.35 bits per heavy atom. The van der Waals surface area contributed by atoms with Crippen molar-refractivity contribution in [3.63, 3.8) is 0 Å². The first-order valence-corrected chi connectivity index (χ1v) is 8.80. The highest BCUT2D eigenvalue weighted by Gasteiger charge is 2.87. The van der Waals surface area contributed by atoms with Gasteiger partial charge in [-0.15, -0.1) is 0 Å². The van der Waals surface area contributed by atoms with Gasteiger partial charge in [-0.25, -0.2) is 0 Å². The molecule has 0 radical (unpaired) electrons. The van der Waals surface area contributed by atoms with Gasteiger partial charge in [0, 0.05) is 4.32 Å². The van der Waals surface area contributed by atoms with Crippen LogP contribution in [0.15, 0.2) is 0 Å². The van der Waals surface area contributed by atoms with Gasteiger partial charge >= 0.3 is 0 Å². The van der Waals surface area contributed by atoms with Crippen LogP contribution in [-0.4, -0.2) is 4.32 Å². The molecular weight excluding hydrogens is 272 g/mol. The molecule has 0 N–H and O–H groups in total. The van der Waals surface area contributed by atoms with Crippen molar-refractivity contribution in [2.24, 2.45) is 65.1 Å². The molecule has 0 aromatic rings. The van der Waals surface area contributed by atoms with Crippen LogP contribution in [0.25, 0.3) is 0 Å². The van der Waals surface area contributed by atoms with Gasteiger partial charge in [0.15, 0.2) is 0 Å². The lowest BCUT2D eigenvalue weighted by Crippen LogP contribution is -2.45. The second-order valence-electron chi connectivity index (χ2n) is 8.55. The maximum atomic E-state index is 4.34. The summed E-state index contributed by atoms with van der Waals surface area (Å²) in [7, 11) is 0. The molecule has 0 aromatic heterocycles. The molecule has 7 aliphatic carbocycles. The minimum atomic E-state index is 0.665. The lowest BCUT2D eigenvalue weighted by atomic mass is 9.61. The number of halogens is 1. The Balaban J connectivity index is 1.63. The second-order valence-corrected chi connectivity index (χ2v) is 10.0. The molecule has 7 saturated carbocycles. The largest absolute Gasteiger partial charge is 0.0847 e. The van der Waals surface area contributed by atoms with Crippen LogP contribution >= 0.6 is 15.9 Å². The Bertz CT molecular complexity index is 470. The van der Waals surface area contributed by atoms with Crippen LogP contribution in [0, 0.1) is 65.1 Å². The summed E-state index contributed by atoms with van der Waals surface area (Å²) in [5.74, 6) is 13.3. The van der Waals surface area contributed by atoms with Crippen molar-refractivity contribution in [1.29, 1.82) is 0 Å². The fourth-order valence-corrected chi connectivity index (χ4v) is 11.4. The maximum Gasteiger partial charge on any atom is 0.0325 e. The first kappa shape index (κ1) is 8.61. The van der Waals surface area contributed by atoms with Crippen molar-refractivity contribution in [3.8, 4) is 0 Å². The third kappa shape index (κ3) is 0.547. The van der Waals surface area contributed by atoms with E-state index in [0.717, 1.165) is 11.8 Å². The van der Waals surface area contributed by atoms with Crippen LogP contribution in [0.1, 0.15) is 25.7 Å². The first-order valence-electron chi connectivity index (χ1n) is 8.01. The molecule has 0 saturated heterocycles. The van der Waals surface area contributed by atoms with Crippen LogP contribution in [0.4, 0.5) is 0 Å². The SMILES string of the molecule is BrC12CCC3C4C5C6CCC7C6C(C5C31)C2C74. The van der Waals surface area contributed by atoms with Gasteiger partial charge in [-0.3, -0.25) is 0 Å². The van der Waals surface area contributed by atoms with Crippen molar-refractivity contribution >= 4 is 15.9 Å². The van der Waals surface area contributed by atoms with E-state index in [0.29, 0.717) is 4.32 Å². The van der Waals surface area contributed by atoms with E-state index in [-0.39, 0.29) is 0 Å². The van der Waals surface area contributed by atoms with Crippen molar-refractivity contribution in [3.05, 3.63) is 0 Å². The zero-order chi connectivity index (χ0) is 10.7. The normalized spacial score (nSPS) is 87.0. The monoisotopic (exact) mass is 290 g/mol. The molecule has 7 aliphatic rings. The van der Waals surface area contributed by atoms with E-state index in [1.165, 1.54) is 53.3 Å². The minimum absolute atomic E-state index is 0.665. The molecule has 0 spiro atoms. The predicted octanol–water partition coefficient (Wildman–Crippen LogP) is 3.55. The Morgan fingerprint density at radius 3 is 2.24 bits per heavy atom. The van der Waals surface area contributed by atoms with Gasteiger partial charge in [0.25, 0.3) is 0 Å². The zero-order valence-electron chi connectivity index (χ0n) is 10.1. The molecule has 17 heavy (non-hydrogen) atoms. The van der Waals surface area contributed by atoms with Crippen LogP contribution < -0.4 is 0 Å². The van der Waals surface area contributed by atoms with Crippen LogP contribution in [0.2, 0.25) is 0 Å². The van der Waals surface area contributed by atoms with Gasteiger partial charge < -0.3 is 0 Å². The van der Waals surface area contributed by atoms with E-state index in [1.807, 2.05) is 0 Å². The molecule has 12 atom stereocenters. The van der Waals surface area contributed by atoms with Crippen molar-refractivity contribution in [2.45, 2.75) is 30.0 Å². The highest BCUT2D eigenvalue weighted by molar-refractivity contribution is 9.10. The lowest BCUT2D eigenvalue weighted by molar-refractivity contribution is 0.0381. The van der Waals surface area contributed by atoms with E-state index < -0.39 is 0 Å². The number of rotatable bonds is 0. The fraction of sp³-hybridized carbons (Fsp3) is 1.00. The average molecular weight is 291 g/mol. The Morgan fingerprint density at radius 1 is 0.647 bits per heavy atom. The Kier molecular flexibility index (Phi) is 1.06. The van der Waals surface area contributed by atoms with Gasteiger partial charge in [0.1, 0.15) is 0 Å². The molecule has 0 aromatic carbocycles. The second kappa shape index (κ2) is 2.09. The summed E-state index contributed by atoms with van der Waals surface area (Å²) in [6.45, 7) is 0. The van der Waals surface area contributed by atoms with Gasteiger partial charge in [0.05, 0.1) is 0 Å². The quantitative estimate of drug-likeness (QED) is 0.599. The average Bonchev–Trinajstić information content (AvgIpc) is 2.98. The smallest absolute Gasteiger partial charge is 0.0325 e. The third-order valence-electron chi connectivity index (χ3n) is 9.20. The number of fused-ring (bicyclic) bond motifs is 3. The third-order valence-corrected chi connectivity index (χ3v) is 10.7. The number of hydrogen-bond donors (Lipinski definition) is 0. The summed E-state index contributed by atoms with van der Waals surface area (Å²) in [4.78, 5) is 0. The topological polar surface area (TPSA) is 0 Å². The number of hydrogen-bond acceptors (Lipinski definition) is 0. The summed E-state index contributed by atoms with van der Waals surface area (Å²) in [6.07, 6.45) is 6.41. The van der Waals surface area contributed by atoms with E-state index in [9.17, 15) is 0 Å². The molecule has 0 aliphatic heterocycles. The van der Waals surface area contributed by atoms with Crippen molar-refractivity contribution in [1.82, 2.24) is 0 Å². The summed E-state index contributed by atoms with van der Waals surface area (Å²) < 4.78 is 0.665. The molecule has 6 bridgehead atoms. The van der Waals surface area contributed by atoms with Gasteiger partial charge in [0.2, 0.25) is 0 Å². The van der Waals surface area contributed by atoms with Gasteiger partial charge in [-0.05, 0) is 90.8 Å². The molecule has 1 heteroatoms. The van der Waals surface area contributed by atoms with E-state index in [1.54, 1.807) is 25.7 Å². The van der Waals surface area contributed by atoms with Gasteiger partial charge in [-0.2, -0.15) is 0 Å². The minimum Gasteiger partial charge on any atom is -0.0847 e. The highest BCUT2D eigenvalue weighted by atomic mass is 79.9. The molecule has 0 nitrogen and oxygen atoms in total. The van der Waals surface area contributed by atoms with Crippen LogP contribution in [0.3, 0.4) is 0 Å². The fourth-order valence-electron chi connectivity index (χ4n) is 9.89. The molecule has 0 heterocycles. The number of alkyl halides is 1.